The molecule has 0 aliphatic carbocycles. The van der Waals surface area contributed by atoms with Gasteiger partial charge < -0.3 is 9.64 Å². The van der Waals surface area contributed by atoms with Gasteiger partial charge >= 0.3 is 6.18 Å². The number of hydrogen-bond acceptors (Lipinski definition) is 6. The summed E-state index contributed by atoms with van der Waals surface area (Å²) in [6.07, 6.45) is -3.61. The maximum atomic E-state index is 12.7. The van der Waals surface area contributed by atoms with E-state index in [0.717, 1.165) is 6.20 Å². The van der Waals surface area contributed by atoms with Crippen LogP contribution in [0.2, 0.25) is 0 Å². The molecule has 27 heavy (non-hydrogen) atoms. The van der Waals surface area contributed by atoms with Crippen LogP contribution in [0.4, 0.5) is 18.3 Å². The molecule has 148 valence electrons. The summed E-state index contributed by atoms with van der Waals surface area (Å²) in [5.41, 5.74) is 0. The molecule has 6 nitrogen and oxygen atoms in total. The second-order valence-electron chi connectivity index (χ2n) is 5.80. The van der Waals surface area contributed by atoms with Crippen LogP contribution in [0.1, 0.15) is 11.8 Å². The molecule has 0 saturated carbocycles. The largest absolute Gasteiger partial charge is 0.494 e. The molecular weight excluding hydrogens is 403 g/mol. The molecule has 0 radical (unpaired) electrons. The molecule has 0 N–H and O–H groups in total. The van der Waals surface area contributed by atoms with Gasteiger partial charge in [0.15, 0.2) is 5.13 Å². The molecule has 0 bridgehead atoms. The third-order valence-corrected chi connectivity index (χ3v) is 7.07. The Morgan fingerprint density at radius 2 is 1.78 bits per heavy atom. The standard InChI is InChI=1S/C16H18F3N3O3S2/c1-2-25-12-3-5-13(6-4-12)27(23,24)22-9-7-21(8-10-22)15-20-11-14(26-15)16(17,18)19/h3-6,11H,2,7-10H2,1H3. The van der Waals surface area contributed by atoms with Crippen molar-refractivity contribution in [2.45, 2.75) is 18.0 Å². The number of thiazole rings is 1. The molecular formula is C16H18F3N3O3S2. The number of alkyl halides is 3. The second kappa shape index (κ2) is 7.64. The van der Waals surface area contributed by atoms with Crippen molar-refractivity contribution in [1.29, 1.82) is 0 Å². The summed E-state index contributed by atoms with van der Waals surface area (Å²) < 4.78 is 70.2. The van der Waals surface area contributed by atoms with Crippen molar-refractivity contribution >= 4 is 26.5 Å². The number of halogens is 3. The van der Waals surface area contributed by atoms with Crippen molar-refractivity contribution in [3.8, 4) is 5.75 Å². The second-order valence-corrected chi connectivity index (χ2v) is 8.75. The minimum atomic E-state index is -4.42. The Morgan fingerprint density at radius 1 is 1.15 bits per heavy atom. The number of piperazine rings is 1. The number of aromatic nitrogens is 1. The van der Waals surface area contributed by atoms with Gasteiger partial charge in [0.2, 0.25) is 10.0 Å². The average molecular weight is 421 g/mol. The first-order valence-corrected chi connectivity index (χ1v) is 10.5. The van der Waals surface area contributed by atoms with Gasteiger partial charge in [-0.05, 0) is 31.2 Å². The normalized spacial score (nSPS) is 16.5. The predicted octanol–water partition coefficient (Wildman–Crippen LogP) is 3.07. The van der Waals surface area contributed by atoms with E-state index in [1.165, 1.54) is 16.4 Å². The van der Waals surface area contributed by atoms with E-state index in [9.17, 15) is 21.6 Å². The molecule has 1 aliphatic heterocycles. The molecule has 0 amide bonds. The van der Waals surface area contributed by atoms with E-state index in [0.29, 0.717) is 23.7 Å². The highest BCUT2D eigenvalue weighted by atomic mass is 32.2. The zero-order chi connectivity index (χ0) is 19.7. The van der Waals surface area contributed by atoms with Crippen LogP contribution in [0.15, 0.2) is 35.4 Å². The number of benzene rings is 1. The van der Waals surface area contributed by atoms with E-state index < -0.39 is 21.1 Å². The number of anilines is 1. The lowest BCUT2D eigenvalue weighted by Crippen LogP contribution is -2.48. The van der Waals surface area contributed by atoms with Crippen molar-refractivity contribution in [3.63, 3.8) is 0 Å². The van der Waals surface area contributed by atoms with Crippen LogP contribution < -0.4 is 9.64 Å². The van der Waals surface area contributed by atoms with E-state index in [2.05, 4.69) is 4.98 Å². The van der Waals surface area contributed by atoms with E-state index in [4.69, 9.17) is 4.74 Å². The molecule has 1 aromatic heterocycles. The minimum absolute atomic E-state index is 0.160. The van der Waals surface area contributed by atoms with Crippen molar-refractivity contribution in [3.05, 3.63) is 35.3 Å². The van der Waals surface area contributed by atoms with E-state index in [-0.39, 0.29) is 36.2 Å². The molecule has 0 spiro atoms. The smallest absolute Gasteiger partial charge is 0.427 e. The summed E-state index contributed by atoms with van der Waals surface area (Å²) in [5.74, 6) is 0.588. The SMILES string of the molecule is CCOc1ccc(S(=O)(=O)N2CCN(c3ncc(C(F)(F)F)s3)CC2)cc1. The van der Waals surface area contributed by atoms with E-state index >= 15 is 0 Å². The van der Waals surface area contributed by atoms with Crippen LogP contribution >= 0.6 is 11.3 Å². The third kappa shape index (κ3) is 4.36. The van der Waals surface area contributed by atoms with Crippen LogP contribution in [0, 0.1) is 0 Å². The number of nitrogens with zero attached hydrogens (tertiary/aromatic N) is 3. The Balaban J connectivity index is 1.66. The Labute approximate surface area is 159 Å². The van der Waals surface area contributed by atoms with Gasteiger partial charge in [0.05, 0.1) is 17.7 Å². The predicted molar refractivity (Wildman–Crippen MR) is 95.7 cm³/mol. The third-order valence-electron chi connectivity index (χ3n) is 4.05. The highest BCUT2D eigenvalue weighted by molar-refractivity contribution is 7.89. The lowest BCUT2D eigenvalue weighted by Gasteiger charge is -2.33. The Kier molecular flexibility index (Phi) is 5.63. The van der Waals surface area contributed by atoms with Gasteiger partial charge in [-0.25, -0.2) is 13.4 Å². The first kappa shape index (κ1) is 19.9. The Hall–Kier alpha value is -1.85. The molecule has 11 heteroatoms. The van der Waals surface area contributed by atoms with Crippen molar-refractivity contribution < 1.29 is 26.3 Å². The summed E-state index contributed by atoms with van der Waals surface area (Å²) in [4.78, 5) is 4.89. The van der Waals surface area contributed by atoms with Gasteiger partial charge in [0.25, 0.3) is 0 Å². The fraction of sp³-hybridized carbons (Fsp3) is 0.438. The summed E-state index contributed by atoms with van der Waals surface area (Å²) >= 11 is 0.566. The monoisotopic (exact) mass is 421 g/mol. The summed E-state index contributed by atoms with van der Waals surface area (Å²) in [5, 5.41) is 0.250. The highest BCUT2D eigenvalue weighted by Crippen LogP contribution is 2.36. The number of hydrogen-bond donors (Lipinski definition) is 0. The lowest BCUT2D eigenvalue weighted by molar-refractivity contribution is -0.134. The molecule has 3 rings (SSSR count). The molecule has 1 aromatic carbocycles. The van der Waals surface area contributed by atoms with Gasteiger partial charge in [0.1, 0.15) is 10.6 Å². The topological polar surface area (TPSA) is 62.7 Å². The van der Waals surface area contributed by atoms with Crippen molar-refractivity contribution in [2.24, 2.45) is 0 Å². The molecule has 0 unspecified atom stereocenters. The van der Waals surface area contributed by atoms with Gasteiger partial charge in [-0.3, -0.25) is 0 Å². The van der Waals surface area contributed by atoms with Crippen LogP contribution in [-0.4, -0.2) is 50.5 Å². The summed E-state index contributed by atoms with van der Waals surface area (Å²) in [7, 11) is -3.66. The van der Waals surface area contributed by atoms with Gasteiger partial charge in [0, 0.05) is 26.2 Å². The fourth-order valence-corrected chi connectivity index (χ4v) is 4.94. The van der Waals surface area contributed by atoms with Crippen LogP contribution in [0.3, 0.4) is 0 Å². The molecule has 2 aromatic rings. The zero-order valence-electron chi connectivity index (χ0n) is 14.4. The van der Waals surface area contributed by atoms with Crippen LogP contribution in [0.5, 0.6) is 5.75 Å². The summed E-state index contributed by atoms with van der Waals surface area (Å²) in [6.45, 7) is 3.24. The zero-order valence-corrected chi connectivity index (χ0v) is 16.1. The number of ether oxygens (including phenoxy) is 1. The van der Waals surface area contributed by atoms with Crippen LogP contribution in [0.25, 0.3) is 0 Å². The maximum absolute atomic E-state index is 12.7. The maximum Gasteiger partial charge on any atom is 0.427 e. The quantitative estimate of drug-likeness (QED) is 0.743. The first-order valence-electron chi connectivity index (χ1n) is 8.23. The van der Waals surface area contributed by atoms with Crippen LogP contribution in [-0.2, 0) is 16.2 Å². The molecule has 1 aliphatic rings. The van der Waals surface area contributed by atoms with Gasteiger partial charge in [-0.2, -0.15) is 17.5 Å². The first-order chi connectivity index (χ1) is 12.7. The molecule has 1 saturated heterocycles. The van der Waals surface area contributed by atoms with E-state index in [1.807, 2.05) is 6.92 Å². The van der Waals surface area contributed by atoms with Crippen molar-refractivity contribution in [2.75, 3.05) is 37.7 Å². The van der Waals surface area contributed by atoms with E-state index in [1.54, 1.807) is 17.0 Å². The number of sulfonamides is 1. The lowest BCUT2D eigenvalue weighted by atomic mass is 10.3. The Morgan fingerprint density at radius 3 is 2.30 bits per heavy atom. The molecule has 2 heterocycles. The summed E-state index contributed by atoms with van der Waals surface area (Å²) in [6, 6.07) is 6.17. The van der Waals surface area contributed by atoms with Gasteiger partial charge in [-0.15, -0.1) is 0 Å². The van der Waals surface area contributed by atoms with Gasteiger partial charge in [-0.1, -0.05) is 11.3 Å². The highest BCUT2D eigenvalue weighted by Gasteiger charge is 2.35. The molecule has 0 atom stereocenters. The van der Waals surface area contributed by atoms with Crippen molar-refractivity contribution in [1.82, 2.24) is 9.29 Å². The number of rotatable bonds is 5. The average Bonchev–Trinajstić information content (AvgIpc) is 3.13. The molecule has 1 fully saturated rings. The minimum Gasteiger partial charge on any atom is -0.494 e. The fourth-order valence-electron chi connectivity index (χ4n) is 2.69. The Bertz CT molecular complexity index is 874.